The maximum Gasteiger partial charge on any atom is 0.273 e. The van der Waals surface area contributed by atoms with Gasteiger partial charge in [-0.1, -0.05) is 6.07 Å². The van der Waals surface area contributed by atoms with Gasteiger partial charge >= 0.3 is 0 Å². The van der Waals surface area contributed by atoms with Crippen LogP contribution in [0.15, 0.2) is 48.9 Å². The second-order valence-corrected chi connectivity index (χ2v) is 6.79. The molecule has 0 spiro atoms. The zero-order valence-corrected chi connectivity index (χ0v) is 15.4. The van der Waals surface area contributed by atoms with Gasteiger partial charge < -0.3 is 19.3 Å². The monoisotopic (exact) mass is 382 g/mol. The summed E-state index contributed by atoms with van der Waals surface area (Å²) in [6, 6.07) is 8.21. The third-order valence-electron chi connectivity index (χ3n) is 4.95. The zero-order valence-electron chi connectivity index (χ0n) is 15.4. The molecule has 2 saturated heterocycles. The van der Waals surface area contributed by atoms with E-state index in [0.29, 0.717) is 50.7 Å². The molecule has 0 radical (unpaired) electrons. The fraction of sp³-hybridized carbons (Fsp3) is 0.400. The number of carbonyl (C=O) groups is 2. The smallest absolute Gasteiger partial charge is 0.273 e. The van der Waals surface area contributed by atoms with E-state index in [9.17, 15) is 9.59 Å². The van der Waals surface area contributed by atoms with Gasteiger partial charge in [0.25, 0.3) is 5.91 Å². The topological polar surface area (TPSA) is 84.9 Å². The highest BCUT2D eigenvalue weighted by molar-refractivity contribution is 5.96. The Morgan fingerprint density at radius 2 is 1.96 bits per heavy atom. The van der Waals surface area contributed by atoms with Crippen molar-refractivity contribution in [2.45, 2.75) is 18.6 Å². The van der Waals surface area contributed by atoms with Crippen molar-refractivity contribution in [2.24, 2.45) is 0 Å². The second kappa shape index (κ2) is 8.35. The minimum Gasteiger partial charge on any atom is -0.487 e. The van der Waals surface area contributed by atoms with Gasteiger partial charge in [0.15, 0.2) is 0 Å². The van der Waals surface area contributed by atoms with E-state index in [0.717, 1.165) is 0 Å². The van der Waals surface area contributed by atoms with Crippen LogP contribution in [0.2, 0.25) is 0 Å². The van der Waals surface area contributed by atoms with Crippen molar-refractivity contribution < 1.29 is 19.1 Å². The molecule has 0 saturated carbocycles. The number of rotatable bonds is 4. The fourth-order valence-corrected chi connectivity index (χ4v) is 3.58. The minimum atomic E-state index is -0.575. The molecule has 0 unspecified atom stereocenters. The Kier molecular flexibility index (Phi) is 5.48. The number of ether oxygens (including phenoxy) is 2. The highest BCUT2D eigenvalue weighted by atomic mass is 16.5. The summed E-state index contributed by atoms with van der Waals surface area (Å²) in [5.74, 6) is 0.298. The summed E-state index contributed by atoms with van der Waals surface area (Å²) in [6.07, 6.45) is 5.02. The minimum absolute atomic E-state index is 0.0649. The molecule has 2 aliphatic heterocycles. The van der Waals surface area contributed by atoms with Crippen LogP contribution < -0.4 is 4.74 Å². The van der Waals surface area contributed by atoms with Crippen molar-refractivity contribution in [1.82, 2.24) is 19.8 Å². The molecule has 8 nitrogen and oxygen atoms in total. The summed E-state index contributed by atoms with van der Waals surface area (Å²) in [4.78, 5) is 37.7. The van der Waals surface area contributed by atoms with Crippen molar-refractivity contribution in [2.75, 3.05) is 32.8 Å². The molecule has 4 rings (SSSR count). The number of carbonyl (C=O) groups excluding carboxylic acids is 2. The second-order valence-electron chi connectivity index (χ2n) is 6.79. The van der Waals surface area contributed by atoms with Crippen LogP contribution in [-0.4, -0.2) is 76.6 Å². The quantitative estimate of drug-likeness (QED) is 0.784. The lowest BCUT2D eigenvalue weighted by Crippen LogP contribution is -2.51. The number of hydrogen-bond donors (Lipinski definition) is 0. The van der Waals surface area contributed by atoms with Gasteiger partial charge in [-0.25, -0.2) is 0 Å². The van der Waals surface area contributed by atoms with Crippen LogP contribution in [0.4, 0.5) is 0 Å². The van der Waals surface area contributed by atoms with Gasteiger partial charge in [-0.15, -0.1) is 0 Å². The van der Waals surface area contributed by atoms with Gasteiger partial charge in [0, 0.05) is 31.9 Å². The number of amides is 2. The van der Waals surface area contributed by atoms with Crippen LogP contribution in [-0.2, 0) is 9.53 Å². The van der Waals surface area contributed by atoms with Crippen molar-refractivity contribution in [1.29, 1.82) is 0 Å². The highest BCUT2D eigenvalue weighted by Gasteiger charge is 2.43. The predicted molar refractivity (Wildman–Crippen MR) is 99.7 cm³/mol. The number of likely N-dealkylation sites (tertiary alicyclic amines) is 1. The molecule has 2 aromatic rings. The summed E-state index contributed by atoms with van der Waals surface area (Å²) >= 11 is 0. The lowest BCUT2D eigenvalue weighted by molar-refractivity contribution is -0.139. The lowest BCUT2D eigenvalue weighted by Gasteiger charge is -2.32. The Morgan fingerprint density at radius 3 is 2.68 bits per heavy atom. The van der Waals surface area contributed by atoms with E-state index in [4.69, 9.17) is 9.47 Å². The van der Waals surface area contributed by atoms with Gasteiger partial charge in [-0.05, 0) is 24.3 Å². The average Bonchev–Trinajstić information content (AvgIpc) is 3.18. The Bertz CT molecular complexity index is 811. The molecule has 2 aliphatic rings. The average molecular weight is 382 g/mol. The SMILES string of the molecule is O=C([C@@H]1C[C@H](Oc2cccnc2)CN1C(=O)c1ccccn1)N1CCOCC1. The summed E-state index contributed by atoms with van der Waals surface area (Å²) in [5, 5.41) is 0. The molecule has 4 heterocycles. The molecule has 2 fully saturated rings. The molecular weight excluding hydrogens is 360 g/mol. The highest BCUT2D eigenvalue weighted by Crippen LogP contribution is 2.26. The zero-order chi connectivity index (χ0) is 19.3. The molecule has 2 atom stereocenters. The van der Waals surface area contributed by atoms with E-state index in [-0.39, 0.29) is 17.9 Å². The lowest BCUT2D eigenvalue weighted by atomic mass is 10.1. The Morgan fingerprint density at radius 1 is 1.11 bits per heavy atom. The van der Waals surface area contributed by atoms with Crippen LogP contribution in [0.3, 0.4) is 0 Å². The third-order valence-corrected chi connectivity index (χ3v) is 4.95. The van der Waals surface area contributed by atoms with Crippen LogP contribution >= 0.6 is 0 Å². The van der Waals surface area contributed by atoms with Crippen molar-refractivity contribution >= 4 is 11.8 Å². The molecule has 0 N–H and O–H groups in total. The largest absolute Gasteiger partial charge is 0.487 e. The molecule has 0 bridgehead atoms. The van der Waals surface area contributed by atoms with Crippen LogP contribution in [0.1, 0.15) is 16.9 Å². The first-order chi connectivity index (χ1) is 13.7. The summed E-state index contributed by atoms with van der Waals surface area (Å²) in [5.41, 5.74) is 0.323. The number of nitrogens with zero attached hydrogens (tertiary/aromatic N) is 4. The van der Waals surface area contributed by atoms with Crippen molar-refractivity contribution in [3.05, 3.63) is 54.6 Å². The van der Waals surface area contributed by atoms with Crippen molar-refractivity contribution in [3.8, 4) is 5.75 Å². The molecule has 2 aromatic heterocycles. The van der Waals surface area contributed by atoms with E-state index in [1.54, 1.807) is 52.7 Å². The Labute approximate surface area is 163 Å². The molecule has 28 heavy (non-hydrogen) atoms. The summed E-state index contributed by atoms with van der Waals surface area (Å²) in [6.45, 7) is 2.43. The van der Waals surface area contributed by atoms with E-state index >= 15 is 0 Å². The molecule has 2 amide bonds. The van der Waals surface area contributed by atoms with Gasteiger partial charge in [-0.3, -0.25) is 19.6 Å². The molecule has 0 aromatic carbocycles. The first-order valence-corrected chi connectivity index (χ1v) is 9.37. The molecule has 8 heteroatoms. The van der Waals surface area contributed by atoms with Crippen LogP contribution in [0, 0.1) is 0 Å². The normalized spacial score (nSPS) is 22.1. The molecular formula is C20H22N4O4. The van der Waals surface area contributed by atoms with Crippen LogP contribution in [0.5, 0.6) is 5.75 Å². The van der Waals surface area contributed by atoms with E-state index in [1.165, 1.54) is 0 Å². The number of morpholine rings is 1. The molecule has 0 aliphatic carbocycles. The summed E-state index contributed by atoms with van der Waals surface area (Å²) < 4.78 is 11.3. The predicted octanol–water partition coefficient (Wildman–Crippen LogP) is 0.998. The van der Waals surface area contributed by atoms with Crippen LogP contribution in [0.25, 0.3) is 0 Å². The van der Waals surface area contributed by atoms with E-state index in [1.807, 2.05) is 6.07 Å². The number of pyridine rings is 2. The van der Waals surface area contributed by atoms with Gasteiger partial charge in [0.1, 0.15) is 23.6 Å². The third kappa shape index (κ3) is 3.96. The van der Waals surface area contributed by atoms with Crippen molar-refractivity contribution in [3.63, 3.8) is 0 Å². The summed E-state index contributed by atoms with van der Waals surface area (Å²) in [7, 11) is 0. The maximum absolute atomic E-state index is 13.1. The van der Waals surface area contributed by atoms with E-state index in [2.05, 4.69) is 9.97 Å². The molecule has 146 valence electrons. The maximum atomic E-state index is 13.1. The Balaban J connectivity index is 1.54. The number of hydrogen-bond acceptors (Lipinski definition) is 6. The fourth-order valence-electron chi connectivity index (χ4n) is 3.58. The van der Waals surface area contributed by atoms with Gasteiger partial charge in [-0.2, -0.15) is 0 Å². The van der Waals surface area contributed by atoms with Gasteiger partial charge in [0.05, 0.1) is 26.0 Å². The first-order valence-electron chi connectivity index (χ1n) is 9.37. The number of aromatic nitrogens is 2. The first kappa shape index (κ1) is 18.4. The van der Waals surface area contributed by atoms with E-state index < -0.39 is 6.04 Å². The standard InChI is InChI=1S/C20H22N4O4/c25-19(17-5-1-2-7-22-17)24-14-16(28-15-4-3-6-21-13-15)12-18(24)20(26)23-8-10-27-11-9-23/h1-7,13,16,18H,8-12,14H2/t16-,18-/m0/s1. The Hall–Kier alpha value is -3.00. The van der Waals surface area contributed by atoms with Gasteiger partial charge in [0.2, 0.25) is 5.91 Å².